The summed E-state index contributed by atoms with van der Waals surface area (Å²) in [4.78, 5) is 11.9. The lowest BCUT2D eigenvalue weighted by atomic mass is 10.2. The van der Waals surface area contributed by atoms with Crippen LogP contribution in [0.3, 0.4) is 0 Å². The standard InChI is InChI=1S/C7H7NO5S/c9-7(13-14(11,12)8-10)6-4-2-1-3-5-6/h1-5,8,10H. The van der Waals surface area contributed by atoms with E-state index in [9.17, 15) is 13.2 Å². The number of hydrogen-bond acceptors (Lipinski definition) is 5. The van der Waals surface area contributed by atoms with E-state index in [1.165, 1.54) is 12.1 Å². The second-order valence-corrected chi connectivity index (χ2v) is 3.54. The highest BCUT2D eigenvalue weighted by atomic mass is 32.2. The molecular weight excluding hydrogens is 210 g/mol. The zero-order valence-electron chi connectivity index (χ0n) is 6.88. The highest BCUT2D eigenvalue weighted by molar-refractivity contribution is 7.85. The number of rotatable bonds is 3. The van der Waals surface area contributed by atoms with Crippen LogP contribution in [0.2, 0.25) is 0 Å². The Bertz CT molecular complexity index is 413. The van der Waals surface area contributed by atoms with Crippen LogP contribution in [0.1, 0.15) is 10.4 Å². The predicted molar refractivity (Wildman–Crippen MR) is 45.7 cm³/mol. The fraction of sp³-hybridized carbons (Fsp3) is 0. The van der Waals surface area contributed by atoms with E-state index in [0.717, 1.165) is 4.89 Å². The Labute approximate surface area is 80.3 Å². The molecule has 0 heterocycles. The molecule has 0 bridgehead atoms. The monoisotopic (exact) mass is 217 g/mol. The summed E-state index contributed by atoms with van der Waals surface area (Å²) < 4.78 is 25.1. The molecule has 0 spiro atoms. The van der Waals surface area contributed by atoms with E-state index in [1.807, 2.05) is 0 Å². The van der Waals surface area contributed by atoms with Crippen molar-refractivity contribution in [3.63, 3.8) is 0 Å². The van der Waals surface area contributed by atoms with Gasteiger partial charge < -0.3 is 4.18 Å². The van der Waals surface area contributed by atoms with E-state index in [0.29, 0.717) is 0 Å². The molecule has 7 heteroatoms. The van der Waals surface area contributed by atoms with Crippen LogP contribution in [0.4, 0.5) is 0 Å². The molecule has 76 valence electrons. The van der Waals surface area contributed by atoms with Gasteiger partial charge in [0.15, 0.2) is 0 Å². The largest absolute Gasteiger partial charge is 0.407 e. The van der Waals surface area contributed by atoms with Gasteiger partial charge in [-0.05, 0) is 12.1 Å². The minimum absolute atomic E-state index is 0.0753. The third-order valence-electron chi connectivity index (χ3n) is 1.31. The van der Waals surface area contributed by atoms with Gasteiger partial charge in [-0.25, -0.2) is 4.79 Å². The Morgan fingerprint density at radius 3 is 2.36 bits per heavy atom. The van der Waals surface area contributed by atoms with E-state index >= 15 is 0 Å². The van der Waals surface area contributed by atoms with Crippen LogP contribution >= 0.6 is 0 Å². The number of carbonyl (C=O) groups excluding carboxylic acids is 1. The average Bonchev–Trinajstić information content (AvgIpc) is 2.19. The predicted octanol–water partition coefficient (Wildman–Crippen LogP) is 0.0670. The first-order valence-electron chi connectivity index (χ1n) is 3.50. The van der Waals surface area contributed by atoms with Crippen LogP contribution in [-0.2, 0) is 14.5 Å². The molecule has 2 N–H and O–H groups in total. The summed E-state index contributed by atoms with van der Waals surface area (Å²) in [5.41, 5.74) is 0.0753. The van der Waals surface area contributed by atoms with Crippen molar-refractivity contribution < 1.29 is 22.6 Å². The first kappa shape index (κ1) is 10.6. The minimum atomic E-state index is -4.41. The Morgan fingerprint density at radius 1 is 1.29 bits per heavy atom. The van der Waals surface area contributed by atoms with Gasteiger partial charge in [-0.1, -0.05) is 23.1 Å². The highest BCUT2D eigenvalue weighted by Gasteiger charge is 2.16. The summed E-state index contributed by atoms with van der Waals surface area (Å²) >= 11 is 0. The topological polar surface area (TPSA) is 92.7 Å². The zero-order valence-corrected chi connectivity index (χ0v) is 7.69. The van der Waals surface area contributed by atoms with Crippen LogP contribution in [-0.4, -0.2) is 19.6 Å². The Kier molecular flexibility index (Phi) is 3.18. The molecular formula is C7H7NO5S. The maximum absolute atomic E-state index is 11.1. The molecule has 0 amide bonds. The molecule has 0 atom stereocenters. The lowest BCUT2D eigenvalue weighted by molar-refractivity contribution is 0.0726. The third-order valence-corrected chi connectivity index (χ3v) is 1.90. The molecule has 0 fully saturated rings. The van der Waals surface area contributed by atoms with Crippen molar-refractivity contribution in [3.05, 3.63) is 35.9 Å². The van der Waals surface area contributed by atoms with Crippen molar-refractivity contribution in [2.24, 2.45) is 0 Å². The van der Waals surface area contributed by atoms with Gasteiger partial charge in [0.05, 0.1) is 5.56 Å². The van der Waals surface area contributed by atoms with E-state index < -0.39 is 16.3 Å². The van der Waals surface area contributed by atoms with Gasteiger partial charge in [0.25, 0.3) is 0 Å². The van der Waals surface area contributed by atoms with Crippen molar-refractivity contribution in [1.29, 1.82) is 0 Å². The van der Waals surface area contributed by atoms with Crippen LogP contribution < -0.4 is 4.89 Å². The Hall–Kier alpha value is -1.44. The van der Waals surface area contributed by atoms with Crippen molar-refractivity contribution in [2.75, 3.05) is 0 Å². The fourth-order valence-electron chi connectivity index (χ4n) is 0.741. The summed E-state index contributed by atoms with van der Waals surface area (Å²) in [6, 6.07) is 7.53. The SMILES string of the molecule is O=C(OS(=O)(=O)NO)c1ccccc1. The quantitative estimate of drug-likeness (QED) is 0.699. The average molecular weight is 217 g/mol. The van der Waals surface area contributed by atoms with E-state index in [-0.39, 0.29) is 5.56 Å². The van der Waals surface area contributed by atoms with Gasteiger partial charge >= 0.3 is 16.3 Å². The summed E-state index contributed by atoms with van der Waals surface area (Å²) in [7, 11) is -4.41. The minimum Gasteiger partial charge on any atom is -0.328 e. The number of carbonyl (C=O) groups is 1. The molecule has 0 unspecified atom stereocenters. The van der Waals surface area contributed by atoms with Gasteiger partial charge in [-0.3, -0.25) is 5.21 Å². The summed E-state index contributed by atoms with van der Waals surface area (Å²) in [5, 5.41) is 8.07. The number of benzene rings is 1. The molecule has 0 aromatic heterocycles. The Morgan fingerprint density at radius 2 is 1.86 bits per heavy atom. The summed E-state index contributed by atoms with van der Waals surface area (Å²) in [5.74, 6) is -1.06. The summed E-state index contributed by atoms with van der Waals surface area (Å²) in [6.07, 6.45) is 0. The van der Waals surface area contributed by atoms with Gasteiger partial charge in [0.1, 0.15) is 0 Å². The molecule has 0 aliphatic heterocycles. The van der Waals surface area contributed by atoms with E-state index in [1.54, 1.807) is 18.2 Å². The second-order valence-electron chi connectivity index (χ2n) is 2.28. The van der Waals surface area contributed by atoms with Gasteiger partial charge in [0, 0.05) is 0 Å². The summed E-state index contributed by atoms with van der Waals surface area (Å²) in [6.45, 7) is 0. The molecule has 1 rings (SSSR count). The van der Waals surface area contributed by atoms with Gasteiger partial charge in [0.2, 0.25) is 0 Å². The maximum Gasteiger partial charge on any atom is 0.407 e. The van der Waals surface area contributed by atoms with E-state index in [2.05, 4.69) is 4.18 Å². The van der Waals surface area contributed by atoms with Gasteiger partial charge in [-0.2, -0.15) is 8.42 Å². The Balaban J connectivity index is 2.79. The molecule has 0 saturated carbocycles. The first-order valence-corrected chi connectivity index (χ1v) is 4.90. The maximum atomic E-state index is 11.1. The molecule has 14 heavy (non-hydrogen) atoms. The molecule has 0 radical (unpaired) electrons. The van der Waals surface area contributed by atoms with Crippen LogP contribution in [0, 0.1) is 0 Å². The second kappa shape index (κ2) is 4.18. The third kappa shape index (κ3) is 2.80. The van der Waals surface area contributed by atoms with E-state index in [4.69, 9.17) is 5.21 Å². The molecule has 1 aromatic carbocycles. The lowest BCUT2D eigenvalue weighted by Gasteiger charge is -2.01. The first-order chi connectivity index (χ1) is 6.55. The van der Waals surface area contributed by atoms with Crippen LogP contribution in [0.15, 0.2) is 30.3 Å². The van der Waals surface area contributed by atoms with Crippen molar-refractivity contribution in [1.82, 2.24) is 4.89 Å². The van der Waals surface area contributed by atoms with Crippen molar-refractivity contribution >= 4 is 16.3 Å². The van der Waals surface area contributed by atoms with Crippen molar-refractivity contribution in [3.8, 4) is 0 Å². The van der Waals surface area contributed by atoms with Crippen LogP contribution in [0.5, 0.6) is 0 Å². The number of nitrogens with one attached hydrogen (secondary N) is 1. The van der Waals surface area contributed by atoms with Crippen molar-refractivity contribution in [2.45, 2.75) is 0 Å². The normalized spacial score (nSPS) is 10.9. The van der Waals surface area contributed by atoms with Crippen LogP contribution in [0.25, 0.3) is 0 Å². The molecule has 0 aliphatic rings. The molecule has 1 aromatic rings. The molecule has 0 aliphatic carbocycles. The smallest absolute Gasteiger partial charge is 0.328 e. The fourth-order valence-corrected chi connectivity index (χ4v) is 1.07. The zero-order chi connectivity index (χ0) is 10.6. The lowest BCUT2D eigenvalue weighted by Crippen LogP contribution is -2.25. The van der Waals surface area contributed by atoms with Gasteiger partial charge in [-0.15, -0.1) is 0 Å². The number of hydrogen-bond donors (Lipinski definition) is 2. The molecule has 0 saturated heterocycles. The molecule has 6 nitrogen and oxygen atoms in total. The highest BCUT2D eigenvalue weighted by Crippen LogP contribution is 2.02.